The first-order valence-electron chi connectivity index (χ1n) is 11.4. The number of amides is 1. The normalized spacial score (nSPS) is 11.6. The first kappa shape index (κ1) is 24.2. The summed E-state index contributed by atoms with van der Waals surface area (Å²) >= 11 is 0. The van der Waals surface area contributed by atoms with E-state index >= 15 is 0 Å². The van der Waals surface area contributed by atoms with E-state index in [1.807, 2.05) is 32.0 Å². The first-order chi connectivity index (χ1) is 16.5. The predicted octanol–water partition coefficient (Wildman–Crippen LogP) is 4.58. The second-order valence-electron chi connectivity index (χ2n) is 9.13. The number of nitrogens with zero attached hydrogens (tertiary/aromatic N) is 2. The van der Waals surface area contributed by atoms with Crippen molar-refractivity contribution in [2.45, 2.75) is 40.2 Å². The maximum Gasteiger partial charge on any atom is 0.293 e. The van der Waals surface area contributed by atoms with Crippen molar-refractivity contribution in [1.82, 2.24) is 14.9 Å². The summed E-state index contributed by atoms with van der Waals surface area (Å²) in [4.78, 5) is 29.8. The summed E-state index contributed by atoms with van der Waals surface area (Å²) in [7, 11) is 1.61. The summed E-state index contributed by atoms with van der Waals surface area (Å²) in [6.07, 6.45) is 3.23. The summed E-state index contributed by atoms with van der Waals surface area (Å²) in [6.45, 7) is 9.46. The molecule has 182 valence electrons. The standard InChI is InChI=1S/C27H29N3O5/c1-7-28-24(31)21-12-18-20(14-30(6)26(32)23(18)34-21)19-11-17(27(4,5)33)13-29-25(19)35-22-15(2)9-8-10-16(22)3/h8-14,33H,7H2,1-6H3,(H,28,31). The molecule has 0 aliphatic heterocycles. The highest BCUT2D eigenvalue weighted by Crippen LogP contribution is 2.39. The quantitative estimate of drug-likeness (QED) is 0.423. The number of aliphatic hydroxyl groups is 1. The van der Waals surface area contributed by atoms with Gasteiger partial charge in [-0.3, -0.25) is 9.59 Å². The molecule has 4 aromatic rings. The molecule has 0 aliphatic rings. The van der Waals surface area contributed by atoms with E-state index < -0.39 is 11.5 Å². The SMILES string of the molecule is CCNC(=O)c1cc2c(-c3cc(C(C)(C)O)cnc3Oc3c(C)cccc3C)cn(C)c(=O)c2o1. The molecule has 0 saturated heterocycles. The number of ether oxygens (including phenoxy) is 1. The van der Waals surface area contributed by atoms with E-state index in [2.05, 4.69) is 10.3 Å². The lowest BCUT2D eigenvalue weighted by Crippen LogP contribution is -2.22. The van der Waals surface area contributed by atoms with Crippen LogP contribution in [0.1, 0.15) is 48.0 Å². The third-order valence-electron chi connectivity index (χ3n) is 5.88. The minimum atomic E-state index is -1.17. The van der Waals surface area contributed by atoms with Gasteiger partial charge in [0.25, 0.3) is 11.5 Å². The van der Waals surface area contributed by atoms with Crippen LogP contribution in [0.5, 0.6) is 11.6 Å². The van der Waals surface area contributed by atoms with Crippen molar-refractivity contribution >= 4 is 16.9 Å². The Morgan fingerprint density at radius 3 is 2.51 bits per heavy atom. The molecule has 0 spiro atoms. The number of para-hydroxylation sites is 1. The number of benzene rings is 1. The van der Waals surface area contributed by atoms with Crippen LogP contribution >= 0.6 is 0 Å². The van der Waals surface area contributed by atoms with Gasteiger partial charge in [0.05, 0.1) is 5.60 Å². The highest BCUT2D eigenvalue weighted by molar-refractivity contribution is 6.01. The number of carbonyl (C=O) groups excluding carboxylic acids is 1. The van der Waals surface area contributed by atoms with Crippen LogP contribution in [-0.4, -0.2) is 27.1 Å². The lowest BCUT2D eigenvalue weighted by Gasteiger charge is -2.21. The van der Waals surface area contributed by atoms with Crippen molar-refractivity contribution in [3.8, 4) is 22.8 Å². The van der Waals surface area contributed by atoms with Gasteiger partial charge in [-0.25, -0.2) is 4.98 Å². The maximum atomic E-state index is 12.8. The molecule has 0 aliphatic carbocycles. The van der Waals surface area contributed by atoms with Crippen molar-refractivity contribution in [3.63, 3.8) is 0 Å². The molecule has 8 heteroatoms. The van der Waals surface area contributed by atoms with Crippen molar-refractivity contribution < 1.29 is 19.1 Å². The van der Waals surface area contributed by atoms with Crippen molar-refractivity contribution in [2.24, 2.45) is 7.05 Å². The van der Waals surface area contributed by atoms with Crippen LogP contribution in [0.4, 0.5) is 0 Å². The zero-order valence-corrected chi connectivity index (χ0v) is 20.7. The van der Waals surface area contributed by atoms with E-state index in [0.29, 0.717) is 40.3 Å². The van der Waals surface area contributed by atoms with E-state index in [0.717, 1.165) is 11.1 Å². The number of hydrogen-bond donors (Lipinski definition) is 2. The van der Waals surface area contributed by atoms with Crippen LogP contribution in [0.3, 0.4) is 0 Å². The number of hydrogen-bond acceptors (Lipinski definition) is 6. The lowest BCUT2D eigenvalue weighted by atomic mass is 9.96. The van der Waals surface area contributed by atoms with Crippen molar-refractivity contribution in [1.29, 1.82) is 0 Å². The predicted molar refractivity (Wildman–Crippen MR) is 134 cm³/mol. The van der Waals surface area contributed by atoms with Gasteiger partial charge in [0.15, 0.2) is 5.76 Å². The second kappa shape index (κ2) is 9.03. The van der Waals surface area contributed by atoms with Crippen LogP contribution in [0.25, 0.3) is 22.1 Å². The van der Waals surface area contributed by atoms with Gasteiger partial charge in [-0.2, -0.15) is 0 Å². The fourth-order valence-corrected chi connectivity index (χ4v) is 3.92. The van der Waals surface area contributed by atoms with Gasteiger partial charge in [0.1, 0.15) is 5.75 Å². The van der Waals surface area contributed by atoms with Crippen LogP contribution in [-0.2, 0) is 12.6 Å². The van der Waals surface area contributed by atoms with Crippen LogP contribution < -0.4 is 15.6 Å². The highest BCUT2D eigenvalue weighted by Gasteiger charge is 2.24. The molecular weight excluding hydrogens is 446 g/mol. The highest BCUT2D eigenvalue weighted by atomic mass is 16.5. The summed E-state index contributed by atoms with van der Waals surface area (Å²) < 4.78 is 13.4. The van der Waals surface area contributed by atoms with Gasteiger partial charge >= 0.3 is 0 Å². The Morgan fingerprint density at radius 2 is 1.89 bits per heavy atom. The van der Waals surface area contributed by atoms with Gasteiger partial charge in [-0.1, -0.05) is 18.2 Å². The van der Waals surface area contributed by atoms with Gasteiger partial charge < -0.3 is 24.1 Å². The Kier molecular flexibility index (Phi) is 6.25. The van der Waals surface area contributed by atoms with E-state index in [-0.39, 0.29) is 16.9 Å². The lowest BCUT2D eigenvalue weighted by molar-refractivity contribution is 0.0782. The molecule has 4 rings (SSSR count). The van der Waals surface area contributed by atoms with Gasteiger partial charge in [0.2, 0.25) is 11.5 Å². The van der Waals surface area contributed by atoms with E-state index in [1.165, 1.54) is 4.57 Å². The number of nitrogens with one attached hydrogen (secondary N) is 1. The van der Waals surface area contributed by atoms with Gasteiger partial charge in [-0.15, -0.1) is 0 Å². The third-order valence-corrected chi connectivity index (χ3v) is 5.88. The largest absolute Gasteiger partial charge is 0.445 e. The molecule has 0 saturated carbocycles. The molecule has 8 nitrogen and oxygen atoms in total. The van der Waals surface area contributed by atoms with E-state index in [1.54, 1.807) is 52.3 Å². The molecule has 3 aromatic heterocycles. The molecule has 35 heavy (non-hydrogen) atoms. The maximum absolute atomic E-state index is 12.8. The average Bonchev–Trinajstić information content (AvgIpc) is 3.24. The van der Waals surface area contributed by atoms with Crippen LogP contribution in [0.2, 0.25) is 0 Å². The number of carbonyl (C=O) groups is 1. The number of aromatic nitrogens is 2. The van der Waals surface area contributed by atoms with Crippen molar-refractivity contribution in [2.75, 3.05) is 6.54 Å². The fourth-order valence-electron chi connectivity index (χ4n) is 3.92. The molecular formula is C27H29N3O5. The summed E-state index contributed by atoms with van der Waals surface area (Å²) in [5.41, 5.74) is 2.10. The first-order valence-corrected chi connectivity index (χ1v) is 11.4. The zero-order valence-electron chi connectivity index (χ0n) is 20.7. The van der Waals surface area contributed by atoms with Crippen LogP contribution in [0, 0.1) is 13.8 Å². The number of rotatable bonds is 6. The minimum Gasteiger partial charge on any atom is -0.445 e. The smallest absolute Gasteiger partial charge is 0.293 e. The third kappa shape index (κ3) is 4.57. The Hall–Kier alpha value is -3.91. The van der Waals surface area contributed by atoms with Gasteiger partial charge in [-0.05, 0) is 57.9 Å². The Labute approximate surface area is 203 Å². The Bertz CT molecular complexity index is 1470. The summed E-state index contributed by atoms with van der Waals surface area (Å²) in [5.74, 6) is 0.604. The van der Waals surface area contributed by atoms with E-state index in [4.69, 9.17) is 9.15 Å². The molecule has 0 atom stereocenters. The topological polar surface area (TPSA) is 107 Å². The van der Waals surface area contributed by atoms with Gasteiger partial charge in [0, 0.05) is 48.1 Å². The number of aryl methyl sites for hydroxylation is 3. The summed E-state index contributed by atoms with van der Waals surface area (Å²) in [5, 5.41) is 13.8. The van der Waals surface area contributed by atoms with E-state index in [9.17, 15) is 14.7 Å². The fraction of sp³-hybridized carbons (Fsp3) is 0.296. The Morgan fingerprint density at radius 1 is 1.20 bits per heavy atom. The average molecular weight is 476 g/mol. The molecule has 0 fully saturated rings. The molecule has 0 unspecified atom stereocenters. The van der Waals surface area contributed by atoms with Crippen molar-refractivity contribution in [3.05, 3.63) is 75.5 Å². The zero-order chi connectivity index (χ0) is 25.5. The number of furan rings is 1. The van der Waals surface area contributed by atoms with Crippen LogP contribution in [0.15, 0.2) is 51.9 Å². The number of pyridine rings is 2. The molecule has 0 radical (unpaired) electrons. The summed E-state index contributed by atoms with van der Waals surface area (Å²) in [6, 6.07) is 9.19. The molecule has 0 bridgehead atoms. The molecule has 3 heterocycles. The molecule has 1 aromatic carbocycles. The molecule has 1 amide bonds. The minimum absolute atomic E-state index is 0.0372. The monoisotopic (exact) mass is 475 g/mol. The number of fused-ring (bicyclic) bond motifs is 1. The second-order valence-corrected chi connectivity index (χ2v) is 9.13. The Balaban J connectivity index is 2.00. The molecule has 2 N–H and O–H groups in total.